The van der Waals surface area contributed by atoms with Crippen molar-refractivity contribution in [3.8, 4) is 0 Å². The molecular formula is C10H17N. The van der Waals surface area contributed by atoms with Crippen molar-refractivity contribution >= 4 is 0 Å². The van der Waals surface area contributed by atoms with E-state index < -0.39 is 0 Å². The quantitative estimate of drug-likeness (QED) is 0.479. The number of rotatable bonds is 0. The minimum absolute atomic E-state index is 0.748. The van der Waals surface area contributed by atoms with Crippen molar-refractivity contribution in [3.63, 3.8) is 0 Å². The van der Waals surface area contributed by atoms with Gasteiger partial charge < -0.3 is 0 Å². The van der Waals surface area contributed by atoms with E-state index in [-0.39, 0.29) is 0 Å². The Labute approximate surface area is 69.1 Å². The first-order valence-electron chi connectivity index (χ1n) is 4.66. The van der Waals surface area contributed by atoms with Crippen LogP contribution in [0.2, 0.25) is 0 Å². The van der Waals surface area contributed by atoms with Crippen LogP contribution >= 0.6 is 0 Å². The van der Waals surface area contributed by atoms with E-state index in [4.69, 9.17) is 0 Å². The summed E-state index contributed by atoms with van der Waals surface area (Å²) in [5, 5.41) is 0. The zero-order valence-corrected chi connectivity index (χ0v) is 7.46. The summed E-state index contributed by atoms with van der Waals surface area (Å²) in [5.74, 6) is 0.936. The largest absolute Gasteiger partial charge is 0.297 e. The lowest BCUT2D eigenvalue weighted by molar-refractivity contribution is 0.102. The summed E-state index contributed by atoms with van der Waals surface area (Å²) in [5.41, 5.74) is 0. The van der Waals surface area contributed by atoms with Gasteiger partial charge in [-0.05, 0) is 32.2 Å². The highest BCUT2D eigenvalue weighted by Crippen LogP contribution is 2.31. The molecule has 0 spiro atoms. The molecule has 0 radical (unpaired) electrons. The predicted octanol–water partition coefficient (Wildman–Crippen LogP) is 2.05. The Balaban J connectivity index is 2.16. The van der Waals surface area contributed by atoms with Crippen LogP contribution in [-0.2, 0) is 0 Å². The summed E-state index contributed by atoms with van der Waals surface area (Å²) in [4.78, 5) is 2.54. The van der Waals surface area contributed by atoms with Gasteiger partial charge in [0, 0.05) is 12.1 Å². The number of likely N-dealkylation sites (N-methyl/N-ethyl adjacent to an activating group) is 1. The van der Waals surface area contributed by atoms with E-state index in [2.05, 4.69) is 31.0 Å². The third-order valence-electron chi connectivity index (χ3n) is 3.18. The van der Waals surface area contributed by atoms with Gasteiger partial charge in [-0.25, -0.2) is 0 Å². The van der Waals surface area contributed by atoms with Crippen LogP contribution in [0.25, 0.3) is 0 Å². The molecule has 0 aromatic rings. The van der Waals surface area contributed by atoms with Gasteiger partial charge in [-0.1, -0.05) is 19.1 Å². The monoisotopic (exact) mass is 151 g/mol. The average molecular weight is 151 g/mol. The standard InChI is InChI=1S/C10H17N/c1-8-6-9-4-3-5-10(7-8)11(9)2/h3-4,8-10H,5-7H2,1-2H3. The zero-order chi connectivity index (χ0) is 7.84. The summed E-state index contributed by atoms with van der Waals surface area (Å²) in [6.07, 6.45) is 8.78. The molecule has 1 nitrogen and oxygen atoms in total. The lowest BCUT2D eigenvalue weighted by Crippen LogP contribution is -2.47. The Hall–Kier alpha value is -0.300. The summed E-state index contributed by atoms with van der Waals surface area (Å²) >= 11 is 0. The summed E-state index contributed by atoms with van der Waals surface area (Å²) < 4.78 is 0. The van der Waals surface area contributed by atoms with E-state index in [1.165, 1.54) is 19.3 Å². The fourth-order valence-electron chi connectivity index (χ4n) is 2.45. The van der Waals surface area contributed by atoms with Crippen LogP contribution in [0.5, 0.6) is 0 Å². The van der Waals surface area contributed by atoms with Crippen molar-refractivity contribution in [2.75, 3.05) is 7.05 Å². The van der Waals surface area contributed by atoms with E-state index in [0.29, 0.717) is 0 Å². The maximum atomic E-state index is 2.54. The summed E-state index contributed by atoms with van der Waals surface area (Å²) in [6.45, 7) is 2.38. The van der Waals surface area contributed by atoms with Gasteiger partial charge in [0.15, 0.2) is 0 Å². The molecule has 2 aliphatic heterocycles. The third-order valence-corrected chi connectivity index (χ3v) is 3.18. The predicted molar refractivity (Wildman–Crippen MR) is 47.5 cm³/mol. The highest BCUT2D eigenvalue weighted by Gasteiger charge is 2.31. The van der Waals surface area contributed by atoms with Gasteiger partial charge >= 0.3 is 0 Å². The molecule has 0 saturated carbocycles. The van der Waals surface area contributed by atoms with Crippen LogP contribution in [0, 0.1) is 5.92 Å². The van der Waals surface area contributed by atoms with Crippen molar-refractivity contribution < 1.29 is 0 Å². The van der Waals surface area contributed by atoms with Gasteiger partial charge in [-0.3, -0.25) is 4.90 Å². The number of piperidine rings is 1. The lowest BCUT2D eigenvalue weighted by atomic mass is 9.83. The fraction of sp³-hybridized carbons (Fsp3) is 0.800. The number of hydrogen-bond donors (Lipinski definition) is 0. The molecular weight excluding hydrogens is 134 g/mol. The first-order valence-corrected chi connectivity index (χ1v) is 4.66. The van der Waals surface area contributed by atoms with Crippen LogP contribution in [0.1, 0.15) is 26.2 Å². The molecule has 11 heavy (non-hydrogen) atoms. The molecule has 0 aliphatic carbocycles. The van der Waals surface area contributed by atoms with E-state index in [1.54, 1.807) is 0 Å². The SMILES string of the molecule is CC1CC2C=CCC(C1)N2C. The molecule has 3 atom stereocenters. The molecule has 1 saturated heterocycles. The van der Waals surface area contributed by atoms with Gasteiger partial charge in [-0.2, -0.15) is 0 Å². The first-order chi connectivity index (χ1) is 5.27. The van der Waals surface area contributed by atoms with Crippen molar-refractivity contribution in [3.05, 3.63) is 12.2 Å². The first kappa shape index (κ1) is 7.35. The Kier molecular flexibility index (Phi) is 1.76. The molecule has 3 unspecified atom stereocenters. The topological polar surface area (TPSA) is 3.24 Å². The number of fused-ring (bicyclic) bond motifs is 2. The van der Waals surface area contributed by atoms with Crippen LogP contribution in [-0.4, -0.2) is 24.0 Å². The molecule has 2 aliphatic rings. The van der Waals surface area contributed by atoms with Crippen molar-refractivity contribution in [1.29, 1.82) is 0 Å². The molecule has 0 aromatic heterocycles. The van der Waals surface area contributed by atoms with E-state index >= 15 is 0 Å². The van der Waals surface area contributed by atoms with Gasteiger partial charge in [0.25, 0.3) is 0 Å². The van der Waals surface area contributed by atoms with Gasteiger partial charge in [0.2, 0.25) is 0 Å². The Morgan fingerprint density at radius 3 is 2.91 bits per heavy atom. The van der Waals surface area contributed by atoms with Gasteiger partial charge in [-0.15, -0.1) is 0 Å². The minimum Gasteiger partial charge on any atom is -0.297 e. The highest BCUT2D eigenvalue weighted by atomic mass is 15.2. The second-order valence-electron chi connectivity index (χ2n) is 4.13. The molecule has 62 valence electrons. The van der Waals surface area contributed by atoms with E-state index in [1.807, 2.05) is 0 Å². The Morgan fingerprint density at radius 2 is 2.18 bits per heavy atom. The molecule has 2 bridgehead atoms. The maximum Gasteiger partial charge on any atom is 0.0280 e. The van der Waals surface area contributed by atoms with E-state index in [9.17, 15) is 0 Å². The highest BCUT2D eigenvalue weighted by molar-refractivity contribution is 5.05. The fourth-order valence-corrected chi connectivity index (χ4v) is 2.45. The smallest absolute Gasteiger partial charge is 0.0280 e. The lowest BCUT2D eigenvalue weighted by Gasteiger charge is -2.43. The maximum absolute atomic E-state index is 2.54. The summed E-state index contributed by atoms with van der Waals surface area (Å²) in [6, 6.07) is 1.59. The second-order valence-corrected chi connectivity index (χ2v) is 4.13. The zero-order valence-electron chi connectivity index (χ0n) is 7.46. The molecule has 2 heterocycles. The van der Waals surface area contributed by atoms with Crippen molar-refractivity contribution in [2.24, 2.45) is 5.92 Å². The van der Waals surface area contributed by atoms with Crippen LogP contribution in [0.15, 0.2) is 12.2 Å². The number of hydrogen-bond acceptors (Lipinski definition) is 1. The van der Waals surface area contributed by atoms with E-state index in [0.717, 1.165) is 18.0 Å². The summed E-state index contributed by atoms with van der Waals surface area (Å²) in [7, 11) is 2.27. The molecule has 2 rings (SSSR count). The van der Waals surface area contributed by atoms with Crippen LogP contribution in [0.4, 0.5) is 0 Å². The minimum atomic E-state index is 0.748. The average Bonchev–Trinajstić information content (AvgIpc) is 1.92. The van der Waals surface area contributed by atoms with Crippen molar-refractivity contribution in [2.45, 2.75) is 38.3 Å². The molecule has 0 aromatic carbocycles. The number of nitrogens with zero attached hydrogens (tertiary/aromatic N) is 1. The normalized spacial score (nSPS) is 44.4. The molecule has 1 fully saturated rings. The Morgan fingerprint density at radius 1 is 1.36 bits per heavy atom. The van der Waals surface area contributed by atoms with Gasteiger partial charge in [0.05, 0.1) is 0 Å². The second kappa shape index (κ2) is 2.63. The van der Waals surface area contributed by atoms with Gasteiger partial charge in [0.1, 0.15) is 0 Å². The molecule has 0 N–H and O–H groups in total. The Bertz CT molecular complexity index is 174. The molecule has 0 amide bonds. The van der Waals surface area contributed by atoms with Crippen LogP contribution in [0.3, 0.4) is 0 Å². The van der Waals surface area contributed by atoms with Crippen LogP contribution < -0.4 is 0 Å². The third kappa shape index (κ3) is 1.22. The molecule has 1 heteroatoms. The van der Waals surface area contributed by atoms with Crippen molar-refractivity contribution in [1.82, 2.24) is 4.90 Å².